The van der Waals surface area contributed by atoms with E-state index in [2.05, 4.69) is 45.7 Å². The summed E-state index contributed by atoms with van der Waals surface area (Å²) in [6, 6.07) is 3.99. The van der Waals surface area contributed by atoms with Crippen LogP contribution in [0, 0.1) is 5.41 Å². The van der Waals surface area contributed by atoms with Gasteiger partial charge in [-0.1, -0.05) is 40.7 Å². The number of hydrogen-bond donors (Lipinski definition) is 1. The molecule has 1 atom stereocenters. The molecule has 0 fully saturated rings. The molecule has 0 spiro atoms. The number of pyridine rings is 1. The molecule has 16 heavy (non-hydrogen) atoms. The van der Waals surface area contributed by atoms with Crippen LogP contribution in [0.2, 0.25) is 0 Å². The summed E-state index contributed by atoms with van der Waals surface area (Å²) in [5, 5.41) is 10.0. The lowest BCUT2D eigenvalue weighted by Crippen LogP contribution is -2.12. The predicted octanol–water partition coefficient (Wildman–Crippen LogP) is 3.67. The number of aliphatic hydroxyl groups excluding tert-OH is 1. The van der Waals surface area contributed by atoms with Gasteiger partial charge in [0.05, 0.1) is 11.8 Å². The van der Waals surface area contributed by atoms with E-state index in [0.717, 1.165) is 12.1 Å². The maximum atomic E-state index is 10.0. The summed E-state index contributed by atoms with van der Waals surface area (Å²) in [6.07, 6.45) is 2.15. The van der Waals surface area contributed by atoms with Crippen LogP contribution in [0.15, 0.2) is 18.3 Å². The van der Waals surface area contributed by atoms with E-state index in [4.69, 9.17) is 0 Å². The van der Waals surface area contributed by atoms with Gasteiger partial charge in [0, 0.05) is 6.20 Å². The van der Waals surface area contributed by atoms with E-state index >= 15 is 0 Å². The molecule has 2 nitrogen and oxygen atoms in total. The topological polar surface area (TPSA) is 33.1 Å². The number of hydrogen-bond acceptors (Lipinski definition) is 2. The third kappa shape index (κ3) is 3.93. The molecule has 90 valence electrons. The first-order chi connectivity index (χ1) is 7.29. The highest BCUT2D eigenvalue weighted by molar-refractivity contribution is 5.18. The van der Waals surface area contributed by atoms with Crippen molar-refractivity contribution in [2.75, 3.05) is 0 Å². The first-order valence-electron chi connectivity index (χ1n) is 5.93. The van der Waals surface area contributed by atoms with Crippen LogP contribution in [-0.4, -0.2) is 10.1 Å². The van der Waals surface area contributed by atoms with E-state index in [-0.39, 0.29) is 5.41 Å². The zero-order valence-corrected chi connectivity index (χ0v) is 11.0. The van der Waals surface area contributed by atoms with Crippen molar-refractivity contribution in [2.45, 2.75) is 53.1 Å². The smallest absolute Gasteiger partial charge is 0.0964 e. The van der Waals surface area contributed by atoms with E-state index in [9.17, 15) is 5.11 Å². The van der Waals surface area contributed by atoms with Gasteiger partial charge >= 0.3 is 0 Å². The van der Waals surface area contributed by atoms with Gasteiger partial charge in [-0.25, -0.2) is 0 Å². The molecule has 1 heterocycles. The Kier molecular flexibility index (Phi) is 4.09. The molecule has 0 saturated heterocycles. The highest BCUT2D eigenvalue weighted by atomic mass is 16.3. The Morgan fingerprint density at radius 3 is 2.25 bits per heavy atom. The quantitative estimate of drug-likeness (QED) is 0.844. The third-order valence-corrected chi connectivity index (χ3v) is 2.62. The van der Waals surface area contributed by atoms with Crippen molar-refractivity contribution >= 4 is 0 Å². The minimum atomic E-state index is -0.457. The molecule has 1 unspecified atom stereocenters. The van der Waals surface area contributed by atoms with Gasteiger partial charge in [-0.3, -0.25) is 4.98 Å². The first kappa shape index (κ1) is 13.2. The minimum absolute atomic E-state index is 0.123. The third-order valence-electron chi connectivity index (χ3n) is 2.62. The fourth-order valence-electron chi connectivity index (χ4n) is 1.64. The summed E-state index contributed by atoms with van der Waals surface area (Å²) in [5.74, 6) is 0.487. The highest BCUT2D eigenvalue weighted by Gasteiger charge is 2.18. The molecule has 0 radical (unpaired) electrons. The lowest BCUT2D eigenvalue weighted by Gasteiger charge is -2.22. The van der Waals surface area contributed by atoms with Gasteiger partial charge < -0.3 is 5.11 Å². The summed E-state index contributed by atoms with van der Waals surface area (Å²) in [5.41, 5.74) is 2.11. The van der Waals surface area contributed by atoms with Crippen molar-refractivity contribution in [2.24, 2.45) is 5.41 Å². The molecule has 0 aliphatic rings. The van der Waals surface area contributed by atoms with E-state index in [1.807, 2.05) is 12.3 Å². The molecular weight excluding hydrogens is 198 g/mol. The Bertz CT molecular complexity index is 322. The summed E-state index contributed by atoms with van der Waals surface area (Å²) in [7, 11) is 0. The molecular formula is C14H23NO. The summed E-state index contributed by atoms with van der Waals surface area (Å²) >= 11 is 0. The molecule has 0 aliphatic carbocycles. The Morgan fingerprint density at radius 1 is 1.25 bits per heavy atom. The molecule has 0 amide bonds. The normalized spacial score (nSPS) is 14.2. The van der Waals surface area contributed by atoms with Crippen molar-refractivity contribution in [3.05, 3.63) is 29.6 Å². The van der Waals surface area contributed by atoms with Crippen molar-refractivity contribution < 1.29 is 5.11 Å². The minimum Gasteiger partial charge on any atom is -0.387 e. The average Bonchev–Trinajstić information content (AvgIpc) is 2.15. The number of aromatic nitrogens is 1. The summed E-state index contributed by atoms with van der Waals surface area (Å²) in [6.45, 7) is 10.7. The van der Waals surface area contributed by atoms with Crippen LogP contribution in [0.1, 0.15) is 64.3 Å². The Balaban J connectivity index is 2.74. The van der Waals surface area contributed by atoms with Gasteiger partial charge in [0.25, 0.3) is 0 Å². The SMILES string of the molecule is CC(C)c1ccc(C(O)CC(C)(C)C)nc1. The second-order valence-electron chi connectivity index (χ2n) is 5.95. The van der Waals surface area contributed by atoms with Crippen LogP contribution in [0.3, 0.4) is 0 Å². The Labute approximate surface area is 98.7 Å². The highest BCUT2D eigenvalue weighted by Crippen LogP contribution is 2.28. The molecule has 1 aromatic heterocycles. The lowest BCUT2D eigenvalue weighted by molar-refractivity contribution is 0.118. The zero-order chi connectivity index (χ0) is 12.3. The van der Waals surface area contributed by atoms with E-state index in [1.54, 1.807) is 0 Å². The van der Waals surface area contributed by atoms with Gasteiger partial charge in [0.2, 0.25) is 0 Å². The lowest BCUT2D eigenvalue weighted by atomic mass is 9.88. The van der Waals surface area contributed by atoms with Gasteiger partial charge in [-0.2, -0.15) is 0 Å². The number of rotatable bonds is 3. The zero-order valence-electron chi connectivity index (χ0n) is 11.0. The van der Waals surface area contributed by atoms with Gasteiger partial charge in [-0.15, -0.1) is 0 Å². The van der Waals surface area contributed by atoms with Crippen molar-refractivity contribution in [3.63, 3.8) is 0 Å². The average molecular weight is 221 g/mol. The van der Waals surface area contributed by atoms with Crippen LogP contribution in [-0.2, 0) is 0 Å². The van der Waals surface area contributed by atoms with Crippen molar-refractivity contribution in [1.82, 2.24) is 4.98 Å². The van der Waals surface area contributed by atoms with Gasteiger partial charge in [0.15, 0.2) is 0 Å². The molecule has 0 aromatic carbocycles. The second kappa shape index (κ2) is 4.96. The molecule has 2 heteroatoms. The molecule has 1 aromatic rings. The molecule has 0 aliphatic heterocycles. The van der Waals surface area contributed by atoms with Crippen molar-refractivity contribution in [3.8, 4) is 0 Å². The van der Waals surface area contributed by atoms with E-state index < -0.39 is 6.10 Å². The fraction of sp³-hybridized carbons (Fsp3) is 0.643. The van der Waals surface area contributed by atoms with Gasteiger partial charge in [-0.05, 0) is 29.4 Å². The standard InChI is InChI=1S/C14H23NO/c1-10(2)11-6-7-12(15-9-11)13(16)8-14(3,4)5/h6-7,9-10,13,16H,8H2,1-5H3. The first-order valence-corrected chi connectivity index (χ1v) is 5.93. The molecule has 0 bridgehead atoms. The fourth-order valence-corrected chi connectivity index (χ4v) is 1.64. The van der Waals surface area contributed by atoms with E-state index in [1.165, 1.54) is 5.56 Å². The molecule has 1 rings (SSSR count). The van der Waals surface area contributed by atoms with Crippen LogP contribution < -0.4 is 0 Å². The second-order valence-corrected chi connectivity index (χ2v) is 5.95. The Morgan fingerprint density at radius 2 is 1.88 bits per heavy atom. The molecule has 1 N–H and O–H groups in total. The summed E-state index contributed by atoms with van der Waals surface area (Å²) in [4.78, 5) is 4.33. The monoisotopic (exact) mass is 221 g/mol. The maximum Gasteiger partial charge on any atom is 0.0964 e. The largest absolute Gasteiger partial charge is 0.387 e. The van der Waals surface area contributed by atoms with Crippen molar-refractivity contribution in [1.29, 1.82) is 0 Å². The molecule has 0 saturated carbocycles. The maximum absolute atomic E-state index is 10.0. The number of aliphatic hydroxyl groups is 1. The summed E-state index contributed by atoms with van der Waals surface area (Å²) < 4.78 is 0. The number of nitrogens with zero attached hydrogens (tertiary/aromatic N) is 1. The predicted molar refractivity (Wildman–Crippen MR) is 67.4 cm³/mol. The van der Waals surface area contributed by atoms with Crippen LogP contribution in [0.4, 0.5) is 0 Å². The van der Waals surface area contributed by atoms with E-state index in [0.29, 0.717) is 5.92 Å². The van der Waals surface area contributed by atoms with Crippen LogP contribution >= 0.6 is 0 Å². The van der Waals surface area contributed by atoms with Gasteiger partial charge in [0.1, 0.15) is 0 Å². The van der Waals surface area contributed by atoms with Crippen LogP contribution in [0.5, 0.6) is 0 Å². The Hall–Kier alpha value is -0.890. The van der Waals surface area contributed by atoms with Crippen LogP contribution in [0.25, 0.3) is 0 Å².